The van der Waals surface area contributed by atoms with Gasteiger partial charge in [-0.25, -0.2) is 4.79 Å². The van der Waals surface area contributed by atoms with E-state index in [0.29, 0.717) is 10.6 Å². The second kappa shape index (κ2) is 6.16. The molecule has 0 aliphatic rings. The lowest BCUT2D eigenvalue weighted by atomic mass is 10.0. The summed E-state index contributed by atoms with van der Waals surface area (Å²) in [6, 6.07) is 10.8. The van der Waals surface area contributed by atoms with Gasteiger partial charge in [-0.3, -0.25) is 4.98 Å². The van der Waals surface area contributed by atoms with Crippen molar-refractivity contribution in [1.82, 2.24) is 4.98 Å². The number of halogens is 1. The average Bonchev–Trinajstić information content (AvgIpc) is 2.46. The molecule has 1 heterocycles. The second-order valence-corrected chi connectivity index (χ2v) is 4.21. The minimum absolute atomic E-state index is 0.411. The number of methoxy groups -OCH3 is 1. The van der Waals surface area contributed by atoms with Crippen LogP contribution in [-0.2, 0) is 9.53 Å². The molecule has 19 heavy (non-hydrogen) atoms. The van der Waals surface area contributed by atoms with Gasteiger partial charge < -0.3 is 4.74 Å². The zero-order chi connectivity index (χ0) is 13.7. The third kappa shape index (κ3) is 3.20. The third-order valence-electron chi connectivity index (χ3n) is 2.60. The lowest BCUT2D eigenvalue weighted by molar-refractivity contribution is -0.133. The molecular formula is C15H12ClNO2. The molecule has 0 fully saturated rings. The quantitative estimate of drug-likeness (QED) is 0.635. The van der Waals surface area contributed by atoms with Crippen molar-refractivity contribution in [2.45, 2.75) is 0 Å². The maximum atomic E-state index is 11.9. The Hall–Kier alpha value is -2.13. The van der Waals surface area contributed by atoms with E-state index in [1.807, 2.05) is 18.2 Å². The number of aromatic nitrogens is 1. The van der Waals surface area contributed by atoms with E-state index in [1.165, 1.54) is 7.11 Å². The molecule has 0 unspecified atom stereocenters. The van der Waals surface area contributed by atoms with E-state index >= 15 is 0 Å². The molecule has 2 aromatic rings. The molecule has 0 N–H and O–H groups in total. The summed E-state index contributed by atoms with van der Waals surface area (Å²) in [5.41, 5.74) is 1.95. The van der Waals surface area contributed by atoms with Gasteiger partial charge in [-0.1, -0.05) is 29.8 Å². The molecule has 0 amide bonds. The molecule has 0 bridgehead atoms. The minimum Gasteiger partial charge on any atom is -0.465 e. The van der Waals surface area contributed by atoms with Gasteiger partial charge in [0.25, 0.3) is 0 Å². The molecule has 0 spiro atoms. The Morgan fingerprint density at radius 1 is 1.21 bits per heavy atom. The molecule has 0 saturated carbocycles. The standard InChI is InChI=1S/C15H12ClNO2/c1-19-15(18)13(11-6-8-17-9-7-11)10-12-4-2-3-5-14(12)16/h2-10H,1H3/b13-10+. The van der Waals surface area contributed by atoms with Crippen LogP contribution in [0.3, 0.4) is 0 Å². The number of pyridine rings is 1. The highest BCUT2D eigenvalue weighted by atomic mass is 35.5. The van der Waals surface area contributed by atoms with Crippen LogP contribution in [0.25, 0.3) is 11.6 Å². The highest BCUT2D eigenvalue weighted by molar-refractivity contribution is 6.33. The van der Waals surface area contributed by atoms with Crippen LogP contribution in [0, 0.1) is 0 Å². The van der Waals surface area contributed by atoms with Crippen LogP contribution in [0.1, 0.15) is 11.1 Å². The first-order chi connectivity index (χ1) is 9.22. The zero-order valence-corrected chi connectivity index (χ0v) is 11.1. The van der Waals surface area contributed by atoms with E-state index in [2.05, 4.69) is 4.98 Å². The summed E-state index contributed by atoms with van der Waals surface area (Å²) in [6.07, 6.45) is 4.96. The summed E-state index contributed by atoms with van der Waals surface area (Å²) >= 11 is 6.09. The average molecular weight is 274 g/mol. The van der Waals surface area contributed by atoms with Gasteiger partial charge in [-0.05, 0) is 35.4 Å². The fourth-order valence-electron chi connectivity index (χ4n) is 1.65. The molecule has 2 rings (SSSR count). The van der Waals surface area contributed by atoms with Crippen LogP contribution in [0.15, 0.2) is 48.8 Å². The lowest BCUT2D eigenvalue weighted by Gasteiger charge is -2.06. The van der Waals surface area contributed by atoms with Crippen LogP contribution < -0.4 is 0 Å². The number of nitrogens with zero attached hydrogens (tertiary/aromatic N) is 1. The summed E-state index contributed by atoms with van der Waals surface area (Å²) in [5.74, 6) is -0.411. The zero-order valence-electron chi connectivity index (χ0n) is 10.3. The monoisotopic (exact) mass is 273 g/mol. The first kappa shape index (κ1) is 13.3. The van der Waals surface area contributed by atoms with Gasteiger partial charge in [0.05, 0.1) is 12.7 Å². The van der Waals surface area contributed by atoms with E-state index in [1.54, 1.807) is 36.7 Å². The van der Waals surface area contributed by atoms with Crippen molar-refractivity contribution in [1.29, 1.82) is 0 Å². The van der Waals surface area contributed by atoms with Crippen LogP contribution in [-0.4, -0.2) is 18.1 Å². The van der Waals surface area contributed by atoms with Crippen molar-refractivity contribution in [2.75, 3.05) is 7.11 Å². The summed E-state index contributed by atoms with van der Waals surface area (Å²) in [5, 5.41) is 0.581. The molecular weight excluding hydrogens is 262 g/mol. The first-order valence-electron chi connectivity index (χ1n) is 5.67. The van der Waals surface area contributed by atoms with E-state index in [0.717, 1.165) is 11.1 Å². The Bertz CT molecular complexity index is 609. The molecule has 4 heteroatoms. The van der Waals surface area contributed by atoms with Crippen LogP contribution >= 0.6 is 11.6 Å². The normalized spacial score (nSPS) is 11.2. The van der Waals surface area contributed by atoms with Crippen molar-refractivity contribution < 1.29 is 9.53 Å². The van der Waals surface area contributed by atoms with Gasteiger partial charge in [-0.2, -0.15) is 0 Å². The summed E-state index contributed by atoms with van der Waals surface area (Å²) in [7, 11) is 1.35. The van der Waals surface area contributed by atoms with Crippen LogP contribution in [0.5, 0.6) is 0 Å². The number of hydrogen-bond acceptors (Lipinski definition) is 3. The fraction of sp³-hybridized carbons (Fsp3) is 0.0667. The molecule has 3 nitrogen and oxygen atoms in total. The number of carbonyl (C=O) groups excluding carboxylic acids is 1. The molecule has 0 radical (unpaired) electrons. The molecule has 1 aromatic heterocycles. The highest BCUT2D eigenvalue weighted by Crippen LogP contribution is 2.23. The predicted octanol–water partition coefficient (Wildman–Crippen LogP) is 3.45. The Kier molecular flexibility index (Phi) is 4.31. The smallest absolute Gasteiger partial charge is 0.338 e. The Morgan fingerprint density at radius 2 is 1.89 bits per heavy atom. The number of hydrogen-bond donors (Lipinski definition) is 0. The molecule has 0 saturated heterocycles. The van der Waals surface area contributed by atoms with Crippen molar-refractivity contribution in [2.24, 2.45) is 0 Å². The van der Waals surface area contributed by atoms with E-state index in [9.17, 15) is 4.79 Å². The molecule has 0 aliphatic heterocycles. The number of rotatable bonds is 3. The van der Waals surface area contributed by atoms with Crippen LogP contribution in [0.4, 0.5) is 0 Å². The third-order valence-corrected chi connectivity index (χ3v) is 2.95. The SMILES string of the molecule is COC(=O)/C(=C/c1ccccc1Cl)c1ccncc1. The van der Waals surface area contributed by atoms with Gasteiger partial charge in [0.15, 0.2) is 0 Å². The second-order valence-electron chi connectivity index (χ2n) is 3.81. The van der Waals surface area contributed by atoms with Gasteiger partial charge in [0, 0.05) is 17.4 Å². The highest BCUT2D eigenvalue weighted by Gasteiger charge is 2.12. The fourth-order valence-corrected chi connectivity index (χ4v) is 1.84. The molecule has 1 aromatic carbocycles. The summed E-state index contributed by atoms with van der Waals surface area (Å²) in [4.78, 5) is 15.8. The van der Waals surface area contributed by atoms with Crippen molar-refractivity contribution in [3.63, 3.8) is 0 Å². The number of ether oxygens (including phenoxy) is 1. The van der Waals surface area contributed by atoms with Gasteiger partial charge in [0.1, 0.15) is 0 Å². The van der Waals surface area contributed by atoms with E-state index < -0.39 is 5.97 Å². The summed E-state index contributed by atoms with van der Waals surface area (Å²) < 4.78 is 4.81. The van der Waals surface area contributed by atoms with Crippen LogP contribution in [0.2, 0.25) is 5.02 Å². The number of carbonyl (C=O) groups is 1. The van der Waals surface area contributed by atoms with E-state index in [4.69, 9.17) is 16.3 Å². The predicted molar refractivity (Wildman–Crippen MR) is 75.6 cm³/mol. The number of benzene rings is 1. The summed E-state index contributed by atoms with van der Waals surface area (Å²) in [6.45, 7) is 0. The van der Waals surface area contributed by atoms with E-state index in [-0.39, 0.29) is 0 Å². The van der Waals surface area contributed by atoms with Gasteiger partial charge in [-0.15, -0.1) is 0 Å². The lowest BCUT2D eigenvalue weighted by Crippen LogP contribution is -2.04. The molecule has 0 atom stereocenters. The topological polar surface area (TPSA) is 39.2 Å². The van der Waals surface area contributed by atoms with Gasteiger partial charge in [0.2, 0.25) is 0 Å². The van der Waals surface area contributed by atoms with Crippen molar-refractivity contribution in [3.05, 3.63) is 64.9 Å². The van der Waals surface area contributed by atoms with Crippen molar-refractivity contribution >= 4 is 29.2 Å². The number of esters is 1. The van der Waals surface area contributed by atoms with Gasteiger partial charge >= 0.3 is 5.97 Å². The largest absolute Gasteiger partial charge is 0.465 e. The maximum Gasteiger partial charge on any atom is 0.338 e. The minimum atomic E-state index is -0.411. The maximum absolute atomic E-state index is 11.9. The molecule has 0 aliphatic carbocycles. The Morgan fingerprint density at radius 3 is 2.53 bits per heavy atom. The van der Waals surface area contributed by atoms with Crippen molar-refractivity contribution in [3.8, 4) is 0 Å². The Labute approximate surface area is 116 Å². The first-order valence-corrected chi connectivity index (χ1v) is 6.05. The Balaban J connectivity index is 2.51. The molecule has 96 valence electrons.